The smallest absolute Gasteiger partial charge is 0.343 e. The minimum atomic E-state index is -0.493. The van der Waals surface area contributed by atoms with E-state index in [-0.39, 0.29) is 24.3 Å². The zero-order valence-corrected chi connectivity index (χ0v) is 21.3. The van der Waals surface area contributed by atoms with Gasteiger partial charge in [0.05, 0.1) is 24.1 Å². The van der Waals surface area contributed by atoms with Crippen molar-refractivity contribution in [1.29, 1.82) is 0 Å². The van der Waals surface area contributed by atoms with Crippen molar-refractivity contribution in [3.8, 4) is 17.2 Å². The largest absolute Gasteiger partial charge is 0.497 e. The highest BCUT2D eigenvalue weighted by Gasteiger charge is 2.34. The van der Waals surface area contributed by atoms with Crippen molar-refractivity contribution in [3.63, 3.8) is 0 Å². The molecule has 8 heteroatoms. The van der Waals surface area contributed by atoms with Gasteiger partial charge < -0.3 is 14.2 Å². The molecule has 1 heterocycles. The summed E-state index contributed by atoms with van der Waals surface area (Å²) in [6.45, 7) is 0.332. The molecular weight excluding hydrogens is 502 g/mol. The van der Waals surface area contributed by atoms with Crippen LogP contribution in [0.25, 0.3) is 16.8 Å². The number of esters is 1. The van der Waals surface area contributed by atoms with Crippen LogP contribution in [0.3, 0.4) is 0 Å². The summed E-state index contributed by atoms with van der Waals surface area (Å²) in [6, 6.07) is 27.0. The van der Waals surface area contributed by atoms with E-state index in [1.807, 2.05) is 42.5 Å². The summed E-state index contributed by atoms with van der Waals surface area (Å²) in [4.78, 5) is 39.2. The number of benzene rings is 4. The molecule has 2 amide bonds. The number of carbonyl (C=O) groups is 3. The van der Waals surface area contributed by atoms with E-state index in [1.54, 1.807) is 61.7 Å². The van der Waals surface area contributed by atoms with E-state index < -0.39 is 5.97 Å². The fourth-order valence-electron chi connectivity index (χ4n) is 3.94. The van der Waals surface area contributed by atoms with Gasteiger partial charge in [-0.2, -0.15) is 0 Å². The third kappa shape index (κ3) is 5.55. The maximum Gasteiger partial charge on any atom is 0.343 e. The summed E-state index contributed by atoms with van der Waals surface area (Å²) in [5.74, 6) is 0.858. The number of hydrogen-bond donors (Lipinski definition) is 0. The maximum atomic E-state index is 12.9. The maximum absolute atomic E-state index is 12.9. The number of methoxy groups -OCH3 is 1. The molecule has 0 unspecified atom stereocenters. The van der Waals surface area contributed by atoms with Crippen molar-refractivity contribution in [2.24, 2.45) is 0 Å². The standard InChI is InChI=1S/C30H23NO6S/c1-35-23-15-11-22(12-16-23)29(33)37-24-13-9-20(10-14-24)19-27-28(32)31(30(34)38-27)17-18-36-26-8-4-6-21-5-2-3-7-25(21)26/h2-16,19H,17-18H2,1H3/b27-19-. The Hall–Kier alpha value is -4.56. The molecule has 0 N–H and O–H groups in total. The van der Waals surface area contributed by atoms with E-state index in [0.717, 1.165) is 22.5 Å². The molecule has 0 aromatic heterocycles. The number of fused-ring (bicyclic) bond motifs is 1. The minimum absolute atomic E-state index is 0.144. The summed E-state index contributed by atoms with van der Waals surface area (Å²) in [6.07, 6.45) is 1.64. The van der Waals surface area contributed by atoms with Gasteiger partial charge in [-0.1, -0.05) is 48.5 Å². The minimum Gasteiger partial charge on any atom is -0.497 e. The molecule has 38 heavy (non-hydrogen) atoms. The van der Waals surface area contributed by atoms with Crippen LogP contribution in [0.2, 0.25) is 0 Å². The lowest BCUT2D eigenvalue weighted by molar-refractivity contribution is -0.123. The Labute approximate surface area is 223 Å². The van der Waals surface area contributed by atoms with Gasteiger partial charge in [0.2, 0.25) is 0 Å². The number of ether oxygens (including phenoxy) is 3. The second-order valence-corrected chi connectivity index (χ2v) is 9.34. The molecule has 7 nitrogen and oxygen atoms in total. The Kier molecular flexibility index (Phi) is 7.42. The zero-order valence-electron chi connectivity index (χ0n) is 20.5. The van der Waals surface area contributed by atoms with Crippen LogP contribution in [-0.4, -0.2) is 42.3 Å². The Morgan fingerprint density at radius 3 is 2.34 bits per heavy atom. The molecule has 1 aliphatic heterocycles. The molecule has 1 aliphatic rings. The topological polar surface area (TPSA) is 82.1 Å². The Balaban J connectivity index is 1.19. The SMILES string of the molecule is COc1ccc(C(=O)Oc2ccc(/C=C3\SC(=O)N(CCOc4cccc5ccccc45)C3=O)cc2)cc1. The lowest BCUT2D eigenvalue weighted by Crippen LogP contribution is -2.32. The highest BCUT2D eigenvalue weighted by Crippen LogP contribution is 2.32. The van der Waals surface area contributed by atoms with Crippen LogP contribution in [0, 0.1) is 0 Å². The number of thioether (sulfide) groups is 1. The van der Waals surface area contributed by atoms with Crippen LogP contribution < -0.4 is 14.2 Å². The lowest BCUT2D eigenvalue weighted by atomic mass is 10.1. The van der Waals surface area contributed by atoms with Gasteiger partial charge in [-0.25, -0.2) is 4.79 Å². The Morgan fingerprint density at radius 1 is 0.868 bits per heavy atom. The van der Waals surface area contributed by atoms with Crippen molar-refractivity contribution in [2.75, 3.05) is 20.3 Å². The van der Waals surface area contributed by atoms with E-state index in [1.165, 1.54) is 4.90 Å². The number of carbonyl (C=O) groups excluding carboxylic acids is 3. The predicted octanol–water partition coefficient (Wildman–Crippen LogP) is 6.18. The van der Waals surface area contributed by atoms with Crippen molar-refractivity contribution >= 4 is 45.7 Å². The first-order valence-electron chi connectivity index (χ1n) is 11.8. The van der Waals surface area contributed by atoms with Gasteiger partial charge in [-0.05, 0) is 71.3 Å². The van der Waals surface area contributed by atoms with Gasteiger partial charge >= 0.3 is 5.97 Å². The molecule has 0 bridgehead atoms. The number of imide groups is 1. The van der Waals surface area contributed by atoms with Gasteiger partial charge in [-0.3, -0.25) is 14.5 Å². The van der Waals surface area contributed by atoms with Crippen LogP contribution in [0.4, 0.5) is 4.79 Å². The van der Waals surface area contributed by atoms with Gasteiger partial charge in [0.15, 0.2) is 0 Å². The molecule has 1 saturated heterocycles. The van der Waals surface area contributed by atoms with E-state index in [0.29, 0.717) is 33.3 Å². The second-order valence-electron chi connectivity index (χ2n) is 8.35. The fraction of sp³-hybridized carbons (Fsp3) is 0.100. The van der Waals surface area contributed by atoms with Gasteiger partial charge in [0, 0.05) is 5.39 Å². The molecule has 1 fully saturated rings. The normalized spacial score (nSPS) is 14.2. The summed E-state index contributed by atoms with van der Waals surface area (Å²) in [5, 5.41) is 1.69. The molecule has 0 atom stereocenters. The number of nitrogens with zero attached hydrogens (tertiary/aromatic N) is 1. The van der Waals surface area contributed by atoms with Gasteiger partial charge in [0.1, 0.15) is 23.9 Å². The van der Waals surface area contributed by atoms with E-state index in [4.69, 9.17) is 14.2 Å². The monoisotopic (exact) mass is 525 g/mol. The van der Waals surface area contributed by atoms with Crippen molar-refractivity contribution in [1.82, 2.24) is 4.90 Å². The molecule has 0 saturated carbocycles. The first-order valence-corrected chi connectivity index (χ1v) is 12.7. The zero-order chi connectivity index (χ0) is 26.5. The van der Waals surface area contributed by atoms with E-state index in [9.17, 15) is 14.4 Å². The average molecular weight is 526 g/mol. The van der Waals surface area contributed by atoms with Gasteiger partial charge in [-0.15, -0.1) is 0 Å². The van der Waals surface area contributed by atoms with E-state index >= 15 is 0 Å². The molecule has 190 valence electrons. The summed E-state index contributed by atoms with van der Waals surface area (Å²) < 4.78 is 16.4. The molecular formula is C30H23NO6S. The number of hydrogen-bond acceptors (Lipinski definition) is 7. The molecule has 0 aliphatic carbocycles. The summed E-state index contributed by atoms with van der Waals surface area (Å²) >= 11 is 0.888. The van der Waals surface area contributed by atoms with Crippen LogP contribution in [0.1, 0.15) is 15.9 Å². The number of amides is 2. The molecule has 0 radical (unpaired) electrons. The second kappa shape index (κ2) is 11.2. The van der Waals surface area contributed by atoms with Crippen LogP contribution >= 0.6 is 11.8 Å². The molecule has 4 aromatic carbocycles. The Bertz CT molecular complexity index is 1520. The van der Waals surface area contributed by atoms with E-state index in [2.05, 4.69) is 0 Å². The highest BCUT2D eigenvalue weighted by atomic mass is 32.2. The predicted molar refractivity (Wildman–Crippen MR) is 147 cm³/mol. The van der Waals surface area contributed by atoms with Crippen LogP contribution in [0.5, 0.6) is 17.2 Å². The fourth-order valence-corrected chi connectivity index (χ4v) is 4.80. The van der Waals surface area contributed by atoms with Crippen molar-refractivity contribution in [2.45, 2.75) is 0 Å². The molecule has 0 spiro atoms. The molecule has 4 aromatic rings. The summed E-state index contributed by atoms with van der Waals surface area (Å²) in [7, 11) is 1.55. The highest BCUT2D eigenvalue weighted by molar-refractivity contribution is 8.18. The van der Waals surface area contributed by atoms with Gasteiger partial charge in [0.25, 0.3) is 11.1 Å². The van der Waals surface area contributed by atoms with Crippen LogP contribution in [-0.2, 0) is 4.79 Å². The third-order valence-electron chi connectivity index (χ3n) is 5.91. The Morgan fingerprint density at radius 2 is 1.58 bits per heavy atom. The lowest BCUT2D eigenvalue weighted by Gasteiger charge is -2.14. The van der Waals surface area contributed by atoms with Crippen molar-refractivity contribution in [3.05, 3.63) is 107 Å². The van der Waals surface area contributed by atoms with Crippen molar-refractivity contribution < 1.29 is 28.6 Å². The first kappa shape index (κ1) is 25.1. The summed E-state index contributed by atoms with van der Waals surface area (Å²) in [5.41, 5.74) is 1.10. The third-order valence-corrected chi connectivity index (χ3v) is 6.82. The quantitative estimate of drug-likeness (QED) is 0.154. The first-order chi connectivity index (χ1) is 18.5. The molecule has 5 rings (SSSR count). The average Bonchev–Trinajstić information content (AvgIpc) is 3.21. The number of rotatable bonds is 8. The van der Waals surface area contributed by atoms with Crippen LogP contribution in [0.15, 0.2) is 95.9 Å².